The highest BCUT2D eigenvalue weighted by Gasteiger charge is 2.05. The number of carbonyl (C=O) groups is 2. The van der Waals surface area contributed by atoms with E-state index in [1.54, 1.807) is 24.3 Å². The summed E-state index contributed by atoms with van der Waals surface area (Å²) in [5, 5.41) is 2.73. The Morgan fingerprint density at radius 3 is 2.26 bits per heavy atom. The molecule has 0 bridgehead atoms. The summed E-state index contributed by atoms with van der Waals surface area (Å²) in [5.74, 6) is -0.725. The first-order valence-electron chi connectivity index (χ1n) is 5.59. The molecule has 1 aromatic heterocycles. The molecule has 0 unspecified atom stereocenters. The van der Waals surface area contributed by atoms with E-state index in [4.69, 9.17) is 5.73 Å². The fourth-order valence-electron chi connectivity index (χ4n) is 1.49. The van der Waals surface area contributed by atoms with Gasteiger partial charge in [0.25, 0.3) is 5.91 Å². The monoisotopic (exact) mass is 256 g/mol. The quantitative estimate of drug-likeness (QED) is 0.832. The average Bonchev–Trinajstić information content (AvgIpc) is 2.46. The Morgan fingerprint density at radius 2 is 1.68 bits per heavy atom. The summed E-state index contributed by atoms with van der Waals surface area (Å²) in [6.07, 6.45) is 4.25. The summed E-state index contributed by atoms with van der Waals surface area (Å²) in [4.78, 5) is 30.2. The zero-order valence-corrected chi connectivity index (χ0v) is 10.0. The van der Waals surface area contributed by atoms with Crippen LogP contribution in [0.1, 0.15) is 26.3 Å². The summed E-state index contributed by atoms with van der Waals surface area (Å²) in [6.45, 7) is 0.354. The zero-order valence-electron chi connectivity index (χ0n) is 10.0. The molecule has 0 spiro atoms. The van der Waals surface area contributed by atoms with Gasteiger partial charge >= 0.3 is 0 Å². The van der Waals surface area contributed by atoms with Crippen LogP contribution in [-0.2, 0) is 6.54 Å². The van der Waals surface area contributed by atoms with Crippen LogP contribution in [0.2, 0.25) is 0 Å². The van der Waals surface area contributed by atoms with E-state index >= 15 is 0 Å². The summed E-state index contributed by atoms with van der Waals surface area (Å²) >= 11 is 0. The maximum absolute atomic E-state index is 11.7. The Kier molecular flexibility index (Phi) is 3.82. The molecule has 2 aromatic rings. The second-order valence-electron chi connectivity index (χ2n) is 3.87. The predicted molar refractivity (Wildman–Crippen MR) is 68.2 cm³/mol. The molecule has 0 aliphatic carbocycles. The van der Waals surface area contributed by atoms with Gasteiger partial charge < -0.3 is 11.1 Å². The first-order valence-corrected chi connectivity index (χ1v) is 5.59. The van der Waals surface area contributed by atoms with E-state index in [0.717, 1.165) is 5.56 Å². The Bertz CT molecular complexity index is 581. The minimum atomic E-state index is -0.475. The molecule has 0 radical (unpaired) electrons. The highest BCUT2D eigenvalue weighted by Crippen LogP contribution is 2.04. The molecule has 3 N–H and O–H groups in total. The Labute approximate surface area is 109 Å². The third-order valence-corrected chi connectivity index (χ3v) is 2.51. The van der Waals surface area contributed by atoms with Crippen molar-refractivity contribution < 1.29 is 9.59 Å². The van der Waals surface area contributed by atoms with E-state index in [1.807, 2.05) is 0 Å². The Morgan fingerprint density at radius 1 is 1.05 bits per heavy atom. The van der Waals surface area contributed by atoms with Crippen molar-refractivity contribution in [1.29, 1.82) is 0 Å². The van der Waals surface area contributed by atoms with Gasteiger partial charge in [0.1, 0.15) is 6.33 Å². The largest absolute Gasteiger partial charge is 0.366 e. The third-order valence-electron chi connectivity index (χ3n) is 2.51. The first-order chi connectivity index (χ1) is 9.16. The van der Waals surface area contributed by atoms with Crippen LogP contribution in [0.15, 0.2) is 43.0 Å². The number of benzene rings is 1. The van der Waals surface area contributed by atoms with Crippen molar-refractivity contribution in [2.24, 2.45) is 5.73 Å². The zero-order chi connectivity index (χ0) is 13.7. The van der Waals surface area contributed by atoms with Crippen LogP contribution in [0, 0.1) is 0 Å². The SMILES string of the molecule is NC(=O)c1ccc(CNC(=O)c2cncnc2)cc1. The van der Waals surface area contributed by atoms with Crippen molar-refractivity contribution in [2.75, 3.05) is 0 Å². The van der Waals surface area contributed by atoms with Crippen molar-refractivity contribution in [3.8, 4) is 0 Å². The number of primary amides is 1. The Hall–Kier alpha value is -2.76. The molecule has 2 rings (SSSR count). The minimum Gasteiger partial charge on any atom is -0.366 e. The second-order valence-corrected chi connectivity index (χ2v) is 3.87. The van der Waals surface area contributed by atoms with Crippen LogP contribution in [0.4, 0.5) is 0 Å². The molecule has 1 aromatic carbocycles. The number of amides is 2. The minimum absolute atomic E-state index is 0.250. The van der Waals surface area contributed by atoms with Gasteiger partial charge in [-0.1, -0.05) is 12.1 Å². The van der Waals surface area contributed by atoms with E-state index in [9.17, 15) is 9.59 Å². The smallest absolute Gasteiger partial charge is 0.254 e. The van der Waals surface area contributed by atoms with Gasteiger partial charge in [-0.25, -0.2) is 9.97 Å². The van der Waals surface area contributed by atoms with Crippen molar-refractivity contribution in [2.45, 2.75) is 6.54 Å². The fourth-order valence-corrected chi connectivity index (χ4v) is 1.49. The van der Waals surface area contributed by atoms with E-state index in [0.29, 0.717) is 17.7 Å². The Balaban J connectivity index is 1.95. The van der Waals surface area contributed by atoms with Gasteiger partial charge in [0.05, 0.1) is 5.56 Å². The van der Waals surface area contributed by atoms with Gasteiger partial charge in [0, 0.05) is 24.5 Å². The average molecular weight is 256 g/mol. The molecule has 0 aliphatic rings. The molecule has 0 atom stereocenters. The van der Waals surface area contributed by atoms with Crippen LogP contribution in [0.25, 0.3) is 0 Å². The second kappa shape index (κ2) is 5.72. The molecule has 0 aliphatic heterocycles. The van der Waals surface area contributed by atoms with Gasteiger partial charge in [-0.05, 0) is 17.7 Å². The van der Waals surface area contributed by atoms with Crippen molar-refractivity contribution in [3.63, 3.8) is 0 Å². The fraction of sp³-hybridized carbons (Fsp3) is 0.0769. The van der Waals surface area contributed by atoms with Crippen LogP contribution in [0.5, 0.6) is 0 Å². The summed E-state index contributed by atoms with van der Waals surface area (Å²) in [6, 6.07) is 6.72. The number of nitrogens with two attached hydrogens (primary N) is 1. The first kappa shape index (κ1) is 12.7. The van der Waals surface area contributed by atoms with E-state index in [2.05, 4.69) is 15.3 Å². The lowest BCUT2D eigenvalue weighted by atomic mass is 10.1. The molecule has 6 heteroatoms. The molecular formula is C13H12N4O2. The topological polar surface area (TPSA) is 98.0 Å². The van der Waals surface area contributed by atoms with E-state index < -0.39 is 5.91 Å². The number of aromatic nitrogens is 2. The maximum Gasteiger partial charge on any atom is 0.254 e. The van der Waals surface area contributed by atoms with Crippen LogP contribution < -0.4 is 11.1 Å². The lowest BCUT2D eigenvalue weighted by Gasteiger charge is -2.05. The van der Waals surface area contributed by atoms with Gasteiger partial charge in [0.2, 0.25) is 5.91 Å². The standard InChI is InChI=1S/C13H12N4O2/c14-12(18)10-3-1-9(2-4-10)5-17-13(19)11-6-15-8-16-7-11/h1-4,6-8H,5H2,(H2,14,18)(H,17,19). The van der Waals surface area contributed by atoms with Gasteiger partial charge in [-0.3, -0.25) is 9.59 Å². The van der Waals surface area contributed by atoms with Crippen molar-refractivity contribution >= 4 is 11.8 Å². The van der Waals surface area contributed by atoms with Crippen molar-refractivity contribution in [1.82, 2.24) is 15.3 Å². The number of carbonyl (C=O) groups excluding carboxylic acids is 2. The number of hydrogen-bond acceptors (Lipinski definition) is 4. The number of nitrogens with zero attached hydrogens (tertiary/aromatic N) is 2. The molecular weight excluding hydrogens is 244 g/mol. The lowest BCUT2D eigenvalue weighted by molar-refractivity contribution is 0.0948. The highest BCUT2D eigenvalue weighted by molar-refractivity contribution is 5.93. The number of nitrogens with one attached hydrogen (secondary N) is 1. The highest BCUT2D eigenvalue weighted by atomic mass is 16.2. The lowest BCUT2D eigenvalue weighted by Crippen LogP contribution is -2.23. The summed E-state index contributed by atoms with van der Waals surface area (Å²) < 4.78 is 0. The maximum atomic E-state index is 11.7. The summed E-state index contributed by atoms with van der Waals surface area (Å²) in [7, 11) is 0. The number of hydrogen-bond donors (Lipinski definition) is 2. The van der Waals surface area contributed by atoms with Crippen LogP contribution in [-0.4, -0.2) is 21.8 Å². The van der Waals surface area contributed by atoms with Gasteiger partial charge in [-0.15, -0.1) is 0 Å². The van der Waals surface area contributed by atoms with Crippen LogP contribution >= 0.6 is 0 Å². The van der Waals surface area contributed by atoms with Gasteiger partial charge in [0.15, 0.2) is 0 Å². The molecule has 0 fully saturated rings. The van der Waals surface area contributed by atoms with Crippen LogP contribution in [0.3, 0.4) is 0 Å². The van der Waals surface area contributed by atoms with E-state index in [-0.39, 0.29) is 5.91 Å². The van der Waals surface area contributed by atoms with Crippen molar-refractivity contribution in [3.05, 3.63) is 59.7 Å². The predicted octanol–water partition coefficient (Wildman–Crippen LogP) is 0.505. The van der Waals surface area contributed by atoms with E-state index in [1.165, 1.54) is 18.7 Å². The molecule has 96 valence electrons. The molecule has 1 heterocycles. The summed E-state index contributed by atoms with van der Waals surface area (Å²) in [5.41, 5.74) is 6.85. The molecule has 0 saturated heterocycles. The molecule has 2 amide bonds. The normalized spacial score (nSPS) is 9.89. The molecule has 0 saturated carbocycles. The number of rotatable bonds is 4. The molecule has 6 nitrogen and oxygen atoms in total. The van der Waals surface area contributed by atoms with Gasteiger partial charge in [-0.2, -0.15) is 0 Å². The third kappa shape index (κ3) is 3.35. The molecule has 19 heavy (non-hydrogen) atoms.